The summed E-state index contributed by atoms with van der Waals surface area (Å²) < 4.78 is 5.83. The topological polar surface area (TPSA) is 38.5 Å². The molecule has 1 heterocycles. The Bertz CT molecular complexity index is 271. The summed E-state index contributed by atoms with van der Waals surface area (Å²) in [6, 6.07) is 0.570. The van der Waals surface area contributed by atoms with Gasteiger partial charge in [-0.05, 0) is 38.5 Å². The average Bonchev–Trinajstić information content (AvgIpc) is 2.83. The molecule has 4 atom stereocenters. The summed E-state index contributed by atoms with van der Waals surface area (Å²) in [6.45, 7) is 9.54. The van der Waals surface area contributed by atoms with Crippen LogP contribution in [0.25, 0.3) is 0 Å². The highest BCUT2D eigenvalue weighted by Gasteiger charge is 2.46. The van der Waals surface area contributed by atoms with Gasteiger partial charge < -0.3 is 10.5 Å². The number of rotatable bonds is 4. The first-order valence-corrected chi connectivity index (χ1v) is 7.73. The van der Waals surface area contributed by atoms with Crippen LogP contribution in [-0.4, -0.2) is 42.3 Å². The van der Waals surface area contributed by atoms with E-state index in [-0.39, 0.29) is 5.54 Å². The monoisotopic (exact) mass is 254 g/mol. The molecule has 2 fully saturated rings. The Kier molecular flexibility index (Phi) is 4.68. The van der Waals surface area contributed by atoms with E-state index in [9.17, 15) is 0 Å². The van der Waals surface area contributed by atoms with Crippen LogP contribution in [0.15, 0.2) is 0 Å². The van der Waals surface area contributed by atoms with Crippen LogP contribution in [0, 0.1) is 5.92 Å². The lowest BCUT2D eigenvalue weighted by molar-refractivity contribution is -0.0983. The predicted octanol–water partition coefficient (Wildman–Crippen LogP) is 2.39. The molecule has 2 rings (SSSR count). The van der Waals surface area contributed by atoms with Gasteiger partial charge in [-0.15, -0.1) is 0 Å². The summed E-state index contributed by atoms with van der Waals surface area (Å²) >= 11 is 0. The van der Waals surface area contributed by atoms with E-state index in [1.54, 1.807) is 0 Å². The van der Waals surface area contributed by atoms with Crippen LogP contribution >= 0.6 is 0 Å². The largest absolute Gasteiger partial charge is 0.376 e. The summed E-state index contributed by atoms with van der Waals surface area (Å²) in [6.07, 6.45) is 6.77. The quantitative estimate of drug-likeness (QED) is 0.837. The molecule has 1 aliphatic carbocycles. The standard InChI is InChI=1S/C15H30N2O/c1-4-13-6-7-15(8-13,11-16)17-9-12(3)18-10-14(17)5-2/h12-14H,4-11,16H2,1-3H3. The number of nitrogens with zero attached hydrogens (tertiary/aromatic N) is 1. The molecule has 0 amide bonds. The minimum atomic E-state index is 0.263. The minimum Gasteiger partial charge on any atom is -0.376 e. The fourth-order valence-electron chi connectivity index (χ4n) is 3.89. The predicted molar refractivity (Wildman–Crippen MR) is 75.6 cm³/mol. The molecule has 106 valence electrons. The van der Waals surface area contributed by atoms with Gasteiger partial charge in [0.1, 0.15) is 0 Å². The number of hydrogen-bond donors (Lipinski definition) is 1. The lowest BCUT2D eigenvalue weighted by Crippen LogP contribution is -2.62. The molecule has 0 bridgehead atoms. The zero-order chi connectivity index (χ0) is 13.2. The molecular weight excluding hydrogens is 224 g/mol. The third-order valence-corrected chi connectivity index (χ3v) is 5.19. The van der Waals surface area contributed by atoms with Crippen LogP contribution in [0.3, 0.4) is 0 Å². The number of hydrogen-bond acceptors (Lipinski definition) is 3. The fraction of sp³-hybridized carbons (Fsp3) is 1.00. The Morgan fingerprint density at radius 3 is 2.67 bits per heavy atom. The summed E-state index contributed by atoms with van der Waals surface area (Å²) in [7, 11) is 0. The third kappa shape index (κ3) is 2.59. The Labute approximate surface area is 112 Å². The lowest BCUT2D eigenvalue weighted by atomic mass is 9.89. The van der Waals surface area contributed by atoms with Crippen molar-refractivity contribution in [3.63, 3.8) is 0 Å². The van der Waals surface area contributed by atoms with Gasteiger partial charge >= 0.3 is 0 Å². The Morgan fingerprint density at radius 2 is 2.11 bits per heavy atom. The first-order valence-electron chi connectivity index (χ1n) is 7.73. The summed E-state index contributed by atoms with van der Waals surface area (Å²) in [5, 5.41) is 0. The van der Waals surface area contributed by atoms with Gasteiger partial charge in [0.05, 0.1) is 12.7 Å². The summed E-state index contributed by atoms with van der Waals surface area (Å²) in [5.74, 6) is 0.879. The molecule has 1 aliphatic heterocycles. The van der Waals surface area contributed by atoms with Crippen molar-refractivity contribution >= 4 is 0 Å². The Balaban J connectivity index is 2.14. The average molecular weight is 254 g/mol. The first-order chi connectivity index (χ1) is 8.65. The van der Waals surface area contributed by atoms with E-state index in [2.05, 4.69) is 25.7 Å². The number of ether oxygens (including phenoxy) is 1. The Hall–Kier alpha value is -0.120. The van der Waals surface area contributed by atoms with Gasteiger partial charge in [-0.3, -0.25) is 4.90 Å². The van der Waals surface area contributed by atoms with Crippen molar-refractivity contribution in [2.45, 2.75) is 70.6 Å². The highest BCUT2D eigenvalue weighted by Crippen LogP contribution is 2.42. The van der Waals surface area contributed by atoms with Gasteiger partial charge in [-0.25, -0.2) is 0 Å². The van der Waals surface area contributed by atoms with Crippen LogP contribution in [-0.2, 0) is 4.74 Å². The summed E-state index contributed by atoms with van der Waals surface area (Å²) in [4.78, 5) is 2.71. The van der Waals surface area contributed by atoms with E-state index in [1.807, 2.05) is 0 Å². The van der Waals surface area contributed by atoms with Crippen LogP contribution in [0.5, 0.6) is 0 Å². The SMILES string of the molecule is CCC1CCC(CN)(N2CC(C)OCC2CC)C1. The van der Waals surface area contributed by atoms with Crippen molar-refractivity contribution in [2.24, 2.45) is 11.7 Å². The second-order valence-electron chi connectivity index (χ2n) is 6.30. The number of morpholine rings is 1. The molecular formula is C15H30N2O. The smallest absolute Gasteiger partial charge is 0.0675 e. The van der Waals surface area contributed by atoms with Crippen LogP contribution < -0.4 is 5.73 Å². The van der Waals surface area contributed by atoms with Crippen LogP contribution in [0.4, 0.5) is 0 Å². The Morgan fingerprint density at radius 1 is 1.33 bits per heavy atom. The molecule has 0 spiro atoms. The molecule has 0 aromatic carbocycles. The van der Waals surface area contributed by atoms with Gasteiger partial charge in [0.25, 0.3) is 0 Å². The maximum Gasteiger partial charge on any atom is 0.0675 e. The molecule has 1 saturated carbocycles. The highest BCUT2D eigenvalue weighted by molar-refractivity contribution is 5.02. The molecule has 3 heteroatoms. The maximum atomic E-state index is 6.20. The number of nitrogens with two attached hydrogens (primary N) is 1. The normalized spacial score (nSPS) is 42.3. The van der Waals surface area contributed by atoms with E-state index >= 15 is 0 Å². The summed E-state index contributed by atoms with van der Waals surface area (Å²) in [5.41, 5.74) is 6.46. The molecule has 4 unspecified atom stereocenters. The molecule has 1 saturated heterocycles. The van der Waals surface area contributed by atoms with Gasteiger partial charge in [-0.1, -0.05) is 20.3 Å². The second-order valence-corrected chi connectivity index (χ2v) is 6.30. The van der Waals surface area contributed by atoms with Gasteiger partial charge in [0.2, 0.25) is 0 Å². The van der Waals surface area contributed by atoms with E-state index in [4.69, 9.17) is 10.5 Å². The van der Waals surface area contributed by atoms with Crippen molar-refractivity contribution in [1.29, 1.82) is 0 Å². The zero-order valence-electron chi connectivity index (χ0n) is 12.3. The van der Waals surface area contributed by atoms with Gasteiger partial charge in [0, 0.05) is 24.7 Å². The van der Waals surface area contributed by atoms with Crippen molar-refractivity contribution in [3.05, 3.63) is 0 Å². The first kappa shape index (κ1) is 14.3. The molecule has 3 nitrogen and oxygen atoms in total. The van der Waals surface area contributed by atoms with E-state index in [0.717, 1.165) is 25.6 Å². The molecule has 2 aliphatic rings. The second kappa shape index (κ2) is 5.89. The van der Waals surface area contributed by atoms with Gasteiger partial charge in [0.15, 0.2) is 0 Å². The highest BCUT2D eigenvalue weighted by atomic mass is 16.5. The third-order valence-electron chi connectivity index (χ3n) is 5.19. The van der Waals surface area contributed by atoms with Crippen LogP contribution in [0.2, 0.25) is 0 Å². The molecule has 0 aromatic rings. The van der Waals surface area contributed by atoms with Crippen LogP contribution in [0.1, 0.15) is 52.9 Å². The fourth-order valence-corrected chi connectivity index (χ4v) is 3.89. The molecule has 0 radical (unpaired) electrons. The van der Waals surface area contributed by atoms with Crippen molar-refractivity contribution in [2.75, 3.05) is 19.7 Å². The zero-order valence-corrected chi connectivity index (χ0v) is 12.3. The maximum absolute atomic E-state index is 6.20. The van der Waals surface area contributed by atoms with Gasteiger partial charge in [-0.2, -0.15) is 0 Å². The van der Waals surface area contributed by atoms with Crippen molar-refractivity contribution < 1.29 is 4.74 Å². The van der Waals surface area contributed by atoms with E-state index in [1.165, 1.54) is 32.1 Å². The minimum absolute atomic E-state index is 0.263. The molecule has 18 heavy (non-hydrogen) atoms. The molecule has 2 N–H and O–H groups in total. The lowest BCUT2D eigenvalue weighted by Gasteiger charge is -2.49. The van der Waals surface area contributed by atoms with E-state index in [0.29, 0.717) is 12.1 Å². The van der Waals surface area contributed by atoms with Crippen molar-refractivity contribution in [3.8, 4) is 0 Å². The molecule has 0 aromatic heterocycles. The van der Waals surface area contributed by atoms with E-state index < -0.39 is 0 Å². The van der Waals surface area contributed by atoms with Crippen molar-refractivity contribution in [1.82, 2.24) is 4.90 Å².